The summed E-state index contributed by atoms with van der Waals surface area (Å²) >= 11 is 0. The maximum atomic E-state index is 12.1. The van der Waals surface area contributed by atoms with Crippen LogP contribution < -0.4 is 0 Å². The first-order chi connectivity index (χ1) is 20.5. The molecule has 0 aromatic carbocycles. The Morgan fingerprint density at radius 3 is 1.27 bits per heavy atom. The molecular formula is C26H36O18. The quantitative estimate of drug-likeness (QED) is 0.203. The third-order valence-electron chi connectivity index (χ3n) is 5.89. The first-order valence-electron chi connectivity index (χ1n) is 13.3. The van der Waals surface area contributed by atoms with E-state index in [1.807, 2.05) is 0 Å². The second-order valence-electron chi connectivity index (χ2n) is 9.69. The number of carbonyl (C=O) groups is 7. The summed E-state index contributed by atoms with van der Waals surface area (Å²) < 4.78 is 53.7. The smallest absolute Gasteiger partial charge is 0.303 e. The van der Waals surface area contributed by atoms with Crippen LogP contribution in [0.4, 0.5) is 0 Å². The number of esters is 7. The molecule has 0 spiro atoms. The molecule has 0 unspecified atom stereocenters. The van der Waals surface area contributed by atoms with Gasteiger partial charge in [-0.05, 0) is 0 Å². The van der Waals surface area contributed by atoms with E-state index >= 15 is 0 Å². The highest BCUT2D eigenvalue weighted by molar-refractivity contribution is 5.69. The Labute approximate surface area is 251 Å². The number of ether oxygens (including phenoxy) is 10. The van der Waals surface area contributed by atoms with E-state index in [2.05, 4.69) is 0 Å². The van der Waals surface area contributed by atoms with Gasteiger partial charge in [-0.1, -0.05) is 0 Å². The second kappa shape index (κ2) is 16.3. The van der Waals surface area contributed by atoms with Gasteiger partial charge in [0, 0.05) is 48.5 Å². The SMILES string of the molecule is CC(=O)OC[C@H]1O[C@@H](OC[C@H]2O[C@@H](O)[C@@H](OC(C)=O)[C@@H](OC(C)=O)[C@H]2OC(C)=O)[C@@H](OC(C)=O)[C@@H](OC(C)=O)[C@@H]1OC(C)=O. The molecule has 0 aliphatic carbocycles. The van der Waals surface area contributed by atoms with Gasteiger partial charge < -0.3 is 52.5 Å². The van der Waals surface area contributed by atoms with Crippen LogP contribution in [0.3, 0.4) is 0 Å². The largest absolute Gasteiger partial charge is 0.463 e. The van der Waals surface area contributed by atoms with E-state index in [0.29, 0.717) is 0 Å². The zero-order valence-corrected chi connectivity index (χ0v) is 25.1. The van der Waals surface area contributed by atoms with Gasteiger partial charge >= 0.3 is 41.8 Å². The minimum absolute atomic E-state index is 0.523. The van der Waals surface area contributed by atoms with E-state index in [-0.39, 0.29) is 0 Å². The number of aliphatic hydroxyl groups excluding tert-OH is 1. The van der Waals surface area contributed by atoms with Crippen molar-refractivity contribution in [2.75, 3.05) is 13.2 Å². The normalized spacial score (nSPS) is 31.5. The van der Waals surface area contributed by atoms with Crippen molar-refractivity contribution in [3.8, 4) is 0 Å². The molecule has 2 aliphatic rings. The Morgan fingerprint density at radius 1 is 0.477 bits per heavy atom. The molecule has 10 atom stereocenters. The molecule has 44 heavy (non-hydrogen) atoms. The molecule has 18 nitrogen and oxygen atoms in total. The van der Waals surface area contributed by atoms with Crippen LogP contribution in [-0.4, -0.2) is 122 Å². The molecule has 0 aromatic rings. The highest BCUT2D eigenvalue weighted by Crippen LogP contribution is 2.32. The summed E-state index contributed by atoms with van der Waals surface area (Å²) in [4.78, 5) is 83.0. The lowest BCUT2D eigenvalue weighted by molar-refractivity contribution is -0.330. The molecule has 2 heterocycles. The van der Waals surface area contributed by atoms with Crippen LogP contribution >= 0.6 is 0 Å². The maximum absolute atomic E-state index is 12.1. The van der Waals surface area contributed by atoms with Crippen molar-refractivity contribution in [2.45, 2.75) is 110 Å². The Kier molecular flexibility index (Phi) is 13.4. The predicted molar refractivity (Wildman–Crippen MR) is 135 cm³/mol. The van der Waals surface area contributed by atoms with Crippen molar-refractivity contribution in [1.82, 2.24) is 0 Å². The molecule has 0 saturated carbocycles. The van der Waals surface area contributed by atoms with Gasteiger partial charge in [0.25, 0.3) is 0 Å². The summed E-state index contributed by atoms with van der Waals surface area (Å²) in [5.41, 5.74) is 0. The number of aliphatic hydroxyl groups is 1. The summed E-state index contributed by atoms with van der Waals surface area (Å²) in [6, 6.07) is 0. The summed E-state index contributed by atoms with van der Waals surface area (Å²) in [6.07, 6.45) is -15.6. The molecule has 2 saturated heterocycles. The number of rotatable bonds is 11. The lowest BCUT2D eigenvalue weighted by atomic mass is 9.97. The van der Waals surface area contributed by atoms with Crippen LogP contribution in [-0.2, 0) is 80.9 Å². The van der Waals surface area contributed by atoms with Crippen LogP contribution in [0.15, 0.2) is 0 Å². The zero-order chi connectivity index (χ0) is 33.3. The first-order valence-corrected chi connectivity index (χ1v) is 13.3. The number of hydrogen-bond donors (Lipinski definition) is 1. The van der Waals surface area contributed by atoms with Crippen molar-refractivity contribution in [3.05, 3.63) is 0 Å². The Bertz CT molecular complexity index is 1090. The van der Waals surface area contributed by atoms with E-state index in [4.69, 9.17) is 47.4 Å². The van der Waals surface area contributed by atoms with Crippen molar-refractivity contribution in [1.29, 1.82) is 0 Å². The van der Waals surface area contributed by atoms with E-state index in [0.717, 1.165) is 48.5 Å². The topological polar surface area (TPSA) is 232 Å². The van der Waals surface area contributed by atoms with Crippen LogP contribution in [0.5, 0.6) is 0 Å². The van der Waals surface area contributed by atoms with Gasteiger partial charge in [-0.3, -0.25) is 33.6 Å². The van der Waals surface area contributed by atoms with Gasteiger partial charge in [-0.25, -0.2) is 0 Å². The Morgan fingerprint density at radius 2 is 0.841 bits per heavy atom. The van der Waals surface area contributed by atoms with Gasteiger partial charge in [0.05, 0.1) is 6.61 Å². The number of hydrogen-bond acceptors (Lipinski definition) is 18. The highest BCUT2D eigenvalue weighted by atomic mass is 16.7. The average molecular weight is 637 g/mol. The highest BCUT2D eigenvalue weighted by Gasteiger charge is 2.55. The third-order valence-corrected chi connectivity index (χ3v) is 5.89. The van der Waals surface area contributed by atoms with Crippen molar-refractivity contribution in [3.63, 3.8) is 0 Å². The second-order valence-corrected chi connectivity index (χ2v) is 9.69. The van der Waals surface area contributed by atoms with E-state index < -0.39 is 116 Å². The molecule has 0 radical (unpaired) electrons. The fraction of sp³-hybridized carbons (Fsp3) is 0.731. The van der Waals surface area contributed by atoms with Crippen LogP contribution in [0, 0.1) is 0 Å². The molecular weight excluding hydrogens is 600 g/mol. The molecule has 0 amide bonds. The minimum Gasteiger partial charge on any atom is -0.463 e. The molecule has 248 valence electrons. The summed E-state index contributed by atoms with van der Waals surface area (Å²) in [5, 5.41) is 10.6. The van der Waals surface area contributed by atoms with E-state index in [9.17, 15) is 38.7 Å². The van der Waals surface area contributed by atoms with Gasteiger partial charge in [-0.2, -0.15) is 0 Å². The molecule has 2 aliphatic heterocycles. The first kappa shape index (κ1) is 36.3. The standard InChI is InChI=1S/C26H36O18/c1-10(27)35-8-18-20(38-12(3)29)22(40-14(5)31)24(42-16(7)33)26(44-18)36-9-17-19(37-11(2)28)21(39-13(4)30)23(25(34)43-17)41-15(6)32/h17-26,34H,8-9H2,1-7H3/t17-,18-,19+,20-,21+,22+,23+,24+,25-,26-/m1/s1. The Hall–Kier alpha value is -3.87. The van der Waals surface area contributed by atoms with Gasteiger partial charge in [-0.15, -0.1) is 0 Å². The Balaban J connectivity index is 2.48. The lowest BCUT2D eigenvalue weighted by Crippen LogP contribution is -2.64. The summed E-state index contributed by atoms with van der Waals surface area (Å²) in [5.74, 6) is -5.94. The summed E-state index contributed by atoms with van der Waals surface area (Å²) in [7, 11) is 0. The van der Waals surface area contributed by atoms with Crippen LogP contribution in [0.25, 0.3) is 0 Å². The monoisotopic (exact) mass is 636 g/mol. The van der Waals surface area contributed by atoms with E-state index in [1.165, 1.54) is 0 Å². The van der Waals surface area contributed by atoms with Crippen LogP contribution in [0.2, 0.25) is 0 Å². The van der Waals surface area contributed by atoms with Gasteiger partial charge in [0.15, 0.2) is 49.2 Å². The minimum atomic E-state index is -1.90. The average Bonchev–Trinajstić information content (AvgIpc) is 2.87. The molecule has 1 N–H and O–H groups in total. The zero-order valence-electron chi connectivity index (χ0n) is 25.1. The lowest BCUT2D eigenvalue weighted by Gasteiger charge is -2.45. The molecule has 2 fully saturated rings. The molecule has 2 rings (SSSR count). The maximum Gasteiger partial charge on any atom is 0.303 e. The molecule has 0 bridgehead atoms. The number of carbonyl (C=O) groups excluding carboxylic acids is 7. The van der Waals surface area contributed by atoms with Crippen LogP contribution in [0.1, 0.15) is 48.5 Å². The van der Waals surface area contributed by atoms with Crippen molar-refractivity contribution >= 4 is 41.8 Å². The fourth-order valence-electron chi connectivity index (χ4n) is 4.52. The summed E-state index contributed by atoms with van der Waals surface area (Å²) in [6.45, 7) is 6.15. The molecule has 0 aromatic heterocycles. The van der Waals surface area contributed by atoms with Crippen molar-refractivity contribution in [2.24, 2.45) is 0 Å². The predicted octanol–water partition coefficient (Wildman–Crippen LogP) is -1.40. The van der Waals surface area contributed by atoms with E-state index in [1.54, 1.807) is 0 Å². The van der Waals surface area contributed by atoms with Gasteiger partial charge in [0.1, 0.15) is 18.8 Å². The van der Waals surface area contributed by atoms with Crippen molar-refractivity contribution < 1.29 is 86.0 Å². The molecule has 18 heteroatoms. The van der Waals surface area contributed by atoms with Gasteiger partial charge in [0.2, 0.25) is 0 Å². The fourth-order valence-corrected chi connectivity index (χ4v) is 4.52. The third kappa shape index (κ3) is 10.7.